The molecule has 8 nitrogen and oxygen atoms in total. The number of benzene rings is 1. The van der Waals surface area contributed by atoms with Crippen molar-refractivity contribution in [1.29, 1.82) is 0 Å². The van der Waals surface area contributed by atoms with Gasteiger partial charge in [-0.2, -0.15) is 4.31 Å². The number of hydrogen-bond donors (Lipinski definition) is 1. The van der Waals surface area contributed by atoms with Crippen LogP contribution in [0, 0.1) is 0 Å². The summed E-state index contributed by atoms with van der Waals surface area (Å²) in [6.45, 7) is 1.34. The van der Waals surface area contributed by atoms with Crippen molar-refractivity contribution in [2.45, 2.75) is 42.7 Å². The molecule has 31 heavy (non-hydrogen) atoms. The molecule has 2 amide bonds. The Bertz CT molecular complexity index is 1020. The van der Waals surface area contributed by atoms with Gasteiger partial charge in [0.15, 0.2) is 0 Å². The number of carbonyl (C=O) groups excluding carboxylic acids is 2. The number of sulfonamides is 1. The monoisotopic (exact) mass is 442 g/mol. The summed E-state index contributed by atoms with van der Waals surface area (Å²) in [7, 11) is -3.71. The molecule has 1 N–H and O–H groups in total. The summed E-state index contributed by atoms with van der Waals surface area (Å²) in [5, 5.41) is 3.00. The molecule has 4 rings (SSSR count). The zero-order valence-corrected chi connectivity index (χ0v) is 18.0. The van der Waals surface area contributed by atoms with E-state index in [-0.39, 0.29) is 22.8 Å². The fourth-order valence-electron chi connectivity index (χ4n) is 4.22. The molecule has 0 aliphatic carbocycles. The highest BCUT2D eigenvalue weighted by Gasteiger charge is 2.41. The van der Waals surface area contributed by atoms with E-state index in [1.807, 2.05) is 0 Å². The van der Waals surface area contributed by atoms with Crippen molar-refractivity contribution in [3.8, 4) is 0 Å². The molecule has 2 fully saturated rings. The molecular formula is C22H26N4O4S. The number of carbonyl (C=O) groups is 2. The van der Waals surface area contributed by atoms with Crippen LogP contribution in [0.4, 0.5) is 0 Å². The van der Waals surface area contributed by atoms with Gasteiger partial charge in [0.25, 0.3) is 5.91 Å². The van der Waals surface area contributed by atoms with Crippen molar-refractivity contribution in [3.05, 3.63) is 60.4 Å². The quantitative estimate of drug-likeness (QED) is 0.759. The Morgan fingerprint density at radius 1 is 0.968 bits per heavy atom. The van der Waals surface area contributed by atoms with Gasteiger partial charge in [0, 0.05) is 38.1 Å². The van der Waals surface area contributed by atoms with Crippen molar-refractivity contribution in [3.63, 3.8) is 0 Å². The molecule has 164 valence electrons. The van der Waals surface area contributed by atoms with Gasteiger partial charge in [0.05, 0.1) is 10.5 Å². The zero-order valence-electron chi connectivity index (χ0n) is 17.2. The zero-order chi connectivity index (χ0) is 21.8. The lowest BCUT2D eigenvalue weighted by Gasteiger charge is -2.35. The molecule has 2 aliphatic heterocycles. The summed E-state index contributed by atoms with van der Waals surface area (Å²) in [4.78, 5) is 31.4. The first-order valence-corrected chi connectivity index (χ1v) is 12.0. The number of hydrogen-bond acceptors (Lipinski definition) is 5. The molecule has 2 saturated heterocycles. The second-order valence-electron chi connectivity index (χ2n) is 7.90. The molecule has 0 spiro atoms. The Morgan fingerprint density at radius 2 is 1.71 bits per heavy atom. The average molecular weight is 443 g/mol. The second-order valence-corrected chi connectivity index (χ2v) is 9.79. The molecule has 2 aliphatic rings. The average Bonchev–Trinajstić information content (AvgIpc) is 3.31. The Balaban J connectivity index is 1.36. The third-order valence-electron chi connectivity index (χ3n) is 5.90. The van der Waals surface area contributed by atoms with Gasteiger partial charge >= 0.3 is 0 Å². The molecule has 1 aromatic carbocycles. The Kier molecular flexibility index (Phi) is 6.33. The number of amides is 2. The maximum absolute atomic E-state index is 13.2. The number of piperidine rings is 1. The van der Waals surface area contributed by atoms with Crippen molar-refractivity contribution in [2.24, 2.45) is 0 Å². The summed E-state index contributed by atoms with van der Waals surface area (Å²) in [6, 6.07) is 11.0. The van der Waals surface area contributed by atoms with E-state index in [1.54, 1.807) is 53.6 Å². The minimum atomic E-state index is -3.71. The van der Waals surface area contributed by atoms with Gasteiger partial charge in [-0.3, -0.25) is 14.6 Å². The van der Waals surface area contributed by atoms with E-state index >= 15 is 0 Å². The fourth-order valence-corrected chi connectivity index (χ4v) is 5.90. The van der Waals surface area contributed by atoms with Gasteiger partial charge in [-0.25, -0.2) is 8.42 Å². The molecular weight excluding hydrogens is 416 g/mol. The lowest BCUT2D eigenvalue weighted by Crippen LogP contribution is -2.52. The summed E-state index contributed by atoms with van der Waals surface area (Å²) in [6.07, 6.45) is 5.61. The number of likely N-dealkylation sites (tertiary alicyclic amines) is 1. The molecule has 1 unspecified atom stereocenters. The summed E-state index contributed by atoms with van der Waals surface area (Å²) in [5.74, 6) is -0.317. The highest BCUT2D eigenvalue weighted by atomic mass is 32.2. The van der Waals surface area contributed by atoms with E-state index < -0.39 is 16.1 Å². The molecule has 2 aromatic rings. The van der Waals surface area contributed by atoms with Crippen molar-refractivity contribution < 1.29 is 18.0 Å². The van der Waals surface area contributed by atoms with Gasteiger partial charge in [0.2, 0.25) is 15.9 Å². The third kappa shape index (κ3) is 4.62. The van der Waals surface area contributed by atoms with E-state index in [2.05, 4.69) is 10.3 Å². The molecule has 9 heteroatoms. The van der Waals surface area contributed by atoms with Crippen LogP contribution < -0.4 is 5.32 Å². The first-order valence-electron chi connectivity index (χ1n) is 10.5. The van der Waals surface area contributed by atoms with Crippen LogP contribution in [0.25, 0.3) is 0 Å². The molecule has 3 heterocycles. The molecule has 0 saturated carbocycles. The van der Waals surface area contributed by atoms with Crippen molar-refractivity contribution >= 4 is 21.8 Å². The van der Waals surface area contributed by atoms with Crippen LogP contribution in [-0.4, -0.2) is 66.1 Å². The van der Waals surface area contributed by atoms with Crippen LogP contribution in [0.3, 0.4) is 0 Å². The fraction of sp³-hybridized carbons (Fsp3) is 0.409. The smallest absolute Gasteiger partial charge is 0.253 e. The number of pyridine rings is 1. The highest BCUT2D eigenvalue weighted by Crippen LogP contribution is 2.28. The van der Waals surface area contributed by atoms with Crippen LogP contribution in [0.15, 0.2) is 59.8 Å². The predicted molar refractivity (Wildman–Crippen MR) is 115 cm³/mol. The Hall–Kier alpha value is -2.78. The lowest BCUT2D eigenvalue weighted by molar-refractivity contribution is -0.135. The first kappa shape index (κ1) is 21.5. The topological polar surface area (TPSA) is 99.7 Å². The predicted octanol–water partition coefficient (Wildman–Crippen LogP) is 1.66. The van der Waals surface area contributed by atoms with E-state index in [9.17, 15) is 18.0 Å². The lowest BCUT2D eigenvalue weighted by atomic mass is 10.0. The molecule has 1 atom stereocenters. The summed E-state index contributed by atoms with van der Waals surface area (Å²) >= 11 is 0. The Labute approximate surface area is 182 Å². The van der Waals surface area contributed by atoms with E-state index in [4.69, 9.17) is 0 Å². The number of nitrogens with one attached hydrogen (secondary N) is 1. The Morgan fingerprint density at radius 3 is 2.39 bits per heavy atom. The third-order valence-corrected chi connectivity index (χ3v) is 7.83. The molecule has 0 radical (unpaired) electrons. The minimum absolute atomic E-state index is 0.0236. The normalized spacial score (nSPS) is 20.5. The van der Waals surface area contributed by atoms with Crippen LogP contribution in [0.2, 0.25) is 0 Å². The largest absolute Gasteiger partial charge is 0.349 e. The van der Waals surface area contributed by atoms with Crippen molar-refractivity contribution in [2.75, 3.05) is 19.6 Å². The van der Waals surface area contributed by atoms with Crippen LogP contribution in [-0.2, 0) is 14.8 Å². The molecule has 0 bridgehead atoms. The van der Waals surface area contributed by atoms with Crippen LogP contribution >= 0.6 is 0 Å². The van der Waals surface area contributed by atoms with E-state index in [1.165, 1.54) is 10.5 Å². The van der Waals surface area contributed by atoms with E-state index in [0.717, 1.165) is 0 Å². The number of rotatable bonds is 5. The van der Waals surface area contributed by atoms with Gasteiger partial charge in [-0.15, -0.1) is 0 Å². The maximum atomic E-state index is 13.2. The highest BCUT2D eigenvalue weighted by molar-refractivity contribution is 7.89. The van der Waals surface area contributed by atoms with Crippen molar-refractivity contribution in [1.82, 2.24) is 19.5 Å². The van der Waals surface area contributed by atoms with Crippen LogP contribution in [0.1, 0.15) is 36.0 Å². The van der Waals surface area contributed by atoms with Gasteiger partial charge in [0.1, 0.15) is 6.04 Å². The standard InChI is InChI=1S/C22H26N4O4S/c27-21(17-6-4-12-23-16-17)24-18-10-14-25(15-11-18)22(28)20-9-5-13-26(20)31(29,30)19-7-2-1-3-8-19/h1-4,6-8,12,16,18,20H,5,9-11,13-15H2,(H,24,27). The maximum Gasteiger partial charge on any atom is 0.253 e. The van der Waals surface area contributed by atoms with Crippen LogP contribution in [0.5, 0.6) is 0 Å². The minimum Gasteiger partial charge on any atom is -0.349 e. The summed E-state index contributed by atoms with van der Waals surface area (Å²) in [5.41, 5.74) is 0.508. The van der Waals surface area contributed by atoms with Gasteiger partial charge in [-0.05, 0) is 49.9 Å². The second kappa shape index (κ2) is 9.15. The van der Waals surface area contributed by atoms with Gasteiger partial charge < -0.3 is 10.2 Å². The molecule has 1 aromatic heterocycles. The number of aromatic nitrogens is 1. The van der Waals surface area contributed by atoms with Gasteiger partial charge in [-0.1, -0.05) is 18.2 Å². The first-order chi connectivity index (χ1) is 15.0. The SMILES string of the molecule is O=C(NC1CCN(C(=O)C2CCCN2S(=O)(=O)c2ccccc2)CC1)c1cccnc1. The van der Waals surface area contributed by atoms with E-state index in [0.29, 0.717) is 50.9 Å². The summed E-state index contributed by atoms with van der Waals surface area (Å²) < 4.78 is 27.4. The number of nitrogens with zero attached hydrogens (tertiary/aromatic N) is 3.